The van der Waals surface area contributed by atoms with Crippen molar-refractivity contribution >= 4 is 6.29 Å². The highest BCUT2D eigenvalue weighted by atomic mass is 19.3. The molecule has 1 aliphatic rings. The van der Waals surface area contributed by atoms with Crippen LogP contribution in [0.4, 0.5) is 8.78 Å². The van der Waals surface area contributed by atoms with E-state index in [0.717, 1.165) is 6.29 Å². The zero-order chi connectivity index (χ0) is 11.5. The lowest BCUT2D eigenvalue weighted by atomic mass is 10.0. The minimum absolute atomic E-state index is 0.0378. The lowest BCUT2D eigenvalue weighted by Crippen LogP contribution is -1.95. The average molecular weight is 228 g/mol. The second-order valence-corrected chi connectivity index (χ2v) is 3.42. The minimum Gasteiger partial charge on any atom is -0.454 e. The van der Waals surface area contributed by atoms with Crippen molar-refractivity contribution in [1.82, 2.24) is 0 Å². The maximum absolute atomic E-state index is 12.6. The highest BCUT2D eigenvalue weighted by Gasteiger charge is 2.21. The van der Waals surface area contributed by atoms with E-state index in [-0.39, 0.29) is 18.8 Å². The smallest absolute Gasteiger partial charge is 0.263 e. The summed E-state index contributed by atoms with van der Waals surface area (Å²) in [6.07, 6.45) is -1.14. The molecule has 16 heavy (non-hydrogen) atoms. The maximum atomic E-state index is 12.6. The zero-order valence-electron chi connectivity index (χ0n) is 8.41. The van der Waals surface area contributed by atoms with Gasteiger partial charge in [0.1, 0.15) is 6.29 Å². The number of carbonyl (C=O) groups excluding carboxylic acids is 1. The third kappa shape index (κ3) is 1.98. The number of fused-ring (bicyclic) bond motifs is 1. The van der Waals surface area contributed by atoms with Gasteiger partial charge in [-0.25, -0.2) is 8.78 Å². The number of aryl methyl sites for hydroxylation is 1. The number of ether oxygens (including phenoxy) is 2. The molecule has 0 N–H and O–H groups in total. The summed E-state index contributed by atoms with van der Waals surface area (Å²) in [4.78, 5) is 10.3. The molecule has 0 amide bonds. The minimum atomic E-state index is -2.55. The van der Waals surface area contributed by atoms with Crippen LogP contribution in [-0.2, 0) is 11.2 Å². The number of rotatable bonds is 4. The van der Waals surface area contributed by atoms with Crippen molar-refractivity contribution in [3.63, 3.8) is 0 Å². The molecule has 0 bridgehead atoms. The first-order chi connectivity index (χ1) is 7.72. The number of aldehydes is 1. The lowest BCUT2D eigenvalue weighted by Gasteiger charge is -2.07. The van der Waals surface area contributed by atoms with E-state index in [9.17, 15) is 13.6 Å². The molecule has 0 aromatic heterocycles. The summed E-state index contributed by atoms with van der Waals surface area (Å²) in [5, 5.41) is 0. The van der Waals surface area contributed by atoms with Crippen LogP contribution in [-0.4, -0.2) is 13.1 Å². The van der Waals surface area contributed by atoms with Crippen molar-refractivity contribution in [1.29, 1.82) is 0 Å². The normalized spacial score (nSPS) is 13.2. The van der Waals surface area contributed by atoms with Gasteiger partial charge in [0, 0.05) is 12.0 Å². The summed E-state index contributed by atoms with van der Waals surface area (Å²) in [5.74, 6) is 0.810. The topological polar surface area (TPSA) is 35.5 Å². The van der Waals surface area contributed by atoms with Crippen molar-refractivity contribution in [2.24, 2.45) is 0 Å². The summed E-state index contributed by atoms with van der Waals surface area (Å²) >= 11 is 0. The van der Waals surface area contributed by atoms with E-state index in [1.165, 1.54) is 12.1 Å². The Morgan fingerprint density at radius 3 is 2.88 bits per heavy atom. The first-order valence-electron chi connectivity index (χ1n) is 4.86. The Morgan fingerprint density at radius 2 is 2.19 bits per heavy atom. The molecule has 0 spiro atoms. The average Bonchev–Trinajstić information content (AvgIpc) is 2.73. The molecule has 1 aliphatic heterocycles. The number of carbonyl (C=O) groups is 1. The van der Waals surface area contributed by atoms with Gasteiger partial charge in [-0.05, 0) is 24.1 Å². The van der Waals surface area contributed by atoms with Gasteiger partial charge in [-0.3, -0.25) is 0 Å². The van der Waals surface area contributed by atoms with E-state index in [1.807, 2.05) is 0 Å². The Hall–Kier alpha value is -1.65. The first kappa shape index (κ1) is 10.9. The van der Waals surface area contributed by atoms with Crippen LogP contribution in [0.25, 0.3) is 0 Å². The SMILES string of the molecule is O=CCCc1cc(C(F)F)cc2c1OCO2. The molecule has 5 heteroatoms. The lowest BCUT2D eigenvalue weighted by molar-refractivity contribution is -0.107. The fourth-order valence-electron chi connectivity index (χ4n) is 1.63. The van der Waals surface area contributed by atoms with Gasteiger partial charge < -0.3 is 14.3 Å². The summed E-state index contributed by atoms with van der Waals surface area (Å²) in [5.41, 5.74) is 0.488. The Morgan fingerprint density at radius 1 is 1.38 bits per heavy atom. The van der Waals surface area contributed by atoms with E-state index in [0.29, 0.717) is 23.5 Å². The van der Waals surface area contributed by atoms with E-state index in [2.05, 4.69) is 0 Å². The van der Waals surface area contributed by atoms with E-state index >= 15 is 0 Å². The molecule has 0 aliphatic carbocycles. The Balaban J connectivity index is 2.36. The van der Waals surface area contributed by atoms with E-state index in [1.54, 1.807) is 0 Å². The Kier molecular flexibility index (Phi) is 3.03. The maximum Gasteiger partial charge on any atom is 0.263 e. The van der Waals surface area contributed by atoms with Gasteiger partial charge in [0.15, 0.2) is 11.5 Å². The summed E-state index contributed by atoms with van der Waals surface area (Å²) < 4.78 is 35.4. The molecule has 1 aromatic rings. The number of hydrogen-bond acceptors (Lipinski definition) is 3. The van der Waals surface area contributed by atoms with Gasteiger partial charge in [-0.1, -0.05) is 0 Å². The van der Waals surface area contributed by atoms with Crippen LogP contribution >= 0.6 is 0 Å². The summed E-state index contributed by atoms with van der Waals surface area (Å²) in [6.45, 7) is 0.0378. The van der Waals surface area contributed by atoms with Crippen molar-refractivity contribution in [2.75, 3.05) is 6.79 Å². The fraction of sp³-hybridized carbons (Fsp3) is 0.364. The molecule has 0 unspecified atom stereocenters. The highest BCUT2D eigenvalue weighted by molar-refractivity contribution is 5.55. The van der Waals surface area contributed by atoms with Gasteiger partial charge in [-0.2, -0.15) is 0 Å². The van der Waals surface area contributed by atoms with Gasteiger partial charge in [-0.15, -0.1) is 0 Å². The molecular formula is C11H10F2O3. The summed E-state index contributed by atoms with van der Waals surface area (Å²) in [6, 6.07) is 2.64. The number of halogens is 2. The zero-order valence-corrected chi connectivity index (χ0v) is 8.41. The van der Waals surface area contributed by atoms with Crippen molar-refractivity contribution < 1.29 is 23.0 Å². The monoisotopic (exact) mass is 228 g/mol. The van der Waals surface area contributed by atoms with Crippen LogP contribution in [0.1, 0.15) is 24.0 Å². The number of hydrogen-bond donors (Lipinski definition) is 0. The third-order valence-electron chi connectivity index (χ3n) is 2.36. The molecular weight excluding hydrogens is 218 g/mol. The molecule has 2 rings (SSSR count). The van der Waals surface area contributed by atoms with Crippen LogP contribution in [0.5, 0.6) is 11.5 Å². The molecule has 0 atom stereocenters. The predicted octanol–water partition coefficient (Wildman–Crippen LogP) is 2.48. The van der Waals surface area contributed by atoms with Crippen LogP contribution in [0.3, 0.4) is 0 Å². The van der Waals surface area contributed by atoms with Crippen LogP contribution in [0.15, 0.2) is 12.1 Å². The third-order valence-corrected chi connectivity index (χ3v) is 2.36. The molecule has 0 fully saturated rings. The van der Waals surface area contributed by atoms with Crippen molar-refractivity contribution in [3.05, 3.63) is 23.3 Å². The highest BCUT2D eigenvalue weighted by Crippen LogP contribution is 2.39. The van der Waals surface area contributed by atoms with E-state index in [4.69, 9.17) is 9.47 Å². The molecule has 3 nitrogen and oxygen atoms in total. The molecule has 1 heterocycles. The second-order valence-electron chi connectivity index (χ2n) is 3.42. The van der Waals surface area contributed by atoms with Crippen LogP contribution < -0.4 is 9.47 Å². The second kappa shape index (κ2) is 4.47. The summed E-state index contributed by atoms with van der Waals surface area (Å²) in [7, 11) is 0. The Labute approximate surface area is 91.0 Å². The first-order valence-corrected chi connectivity index (χ1v) is 4.86. The van der Waals surface area contributed by atoms with Gasteiger partial charge in [0.25, 0.3) is 6.43 Å². The van der Waals surface area contributed by atoms with Crippen molar-refractivity contribution in [3.8, 4) is 11.5 Å². The van der Waals surface area contributed by atoms with Crippen LogP contribution in [0.2, 0.25) is 0 Å². The van der Waals surface area contributed by atoms with E-state index < -0.39 is 6.43 Å². The standard InChI is InChI=1S/C11H10F2O3/c12-11(13)8-4-7(2-1-3-14)10-9(5-8)15-6-16-10/h3-5,11H,1-2,6H2. The van der Waals surface area contributed by atoms with Gasteiger partial charge in [0.2, 0.25) is 6.79 Å². The molecule has 0 saturated carbocycles. The Bertz CT molecular complexity index is 404. The molecule has 0 radical (unpaired) electrons. The number of benzene rings is 1. The van der Waals surface area contributed by atoms with Crippen LogP contribution in [0, 0.1) is 0 Å². The van der Waals surface area contributed by atoms with Crippen molar-refractivity contribution in [2.45, 2.75) is 19.3 Å². The van der Waals surface area contributed by atoms with Gasteiger partial charge >= 0.3 is 0 Å². The molecule has 86 valence electrons. The molecule has 1 aromatic carbocycles. The molecule has 0 saturated heterocycles. The fourth-order valence-corrected chi connectivity index (χ4v) is 1.63. The van der Waals surface area contributed by atoms with Gasteiger partial charge in [0.05, 0.1) is 0 Å². The predicted molar refractivity (Wildman–Crippen MR) is 51.9 cm³/mol. The largest absolute Gasteiger partial charge is 0.454 e. The quantitative estimate of drug-likeness (QED) is 0.742. The number of alkyl halides is 2.